The van der Waals surface area contributed by atoms with Crippen LogP contribution in [0.1, 0.15) is 0 Å². The van der Waals surface area contributed by atoms with E-state index >= 15 is 0 Å². The van der Waals surface area contributed by atoms with Gasteiger partial charge < -0.3 is 26.9 Å². The maximum Gasteiger partial charge on any atom is 0.106 e. The zero-order valence-electron chi connectivity index (χ0n) is 12.6. The Kier molecular flexibility index (Phi) is 2.99. The predicted octanol–water partition coefficient (Wildman–Crippen LogP) is 5.13. The molecule has 117 valence electrons. The van der Waals surface area contributed by atoms with Crippen LogP contribution in [0.5, 0.6) is 11.5 Å². The van der Waals surface area contributed by atoms with Crippen molar-refractivity contribution in [1.82, 2.24) is 0 Å². The van der Waals surface area contributed by atoms with E-state index in [4.69, 9.17) is 26.9 Å². The fourth-order valence-corrected chi connectivity index (χ4v) is 7.05. The summed E-state index contributed by atoms with van der Waals surface area (Å²) in [6.45, 7) is -2.85. The van der Waals surface area contributed by atoms with Gasteiger partial charge in [-0.1, -0.05) is 72.8 Å². The Morgan fingerprint density at radius 1 is 0.583 bits per heavy atom. The summed E-state index contributed by atoms with van der Waals surface area (Å²) in [7, 11) is 0. The Morgan fingerprint density at radius 2 is 1.04 bits per heavy atom. The van der Waals surface area contributed by atoms with E-state index in [2.05, 4.69) is 36.4 Å². The largest absolute Gasteiger partial charge is 0.462 e. The average molecular weight is 367 g/mol. The number of ether oxygens (including phenoxy) is 1. The van der Waals surface area contributed by atoms with Crippen LogP contribution in [0.4, 0.5) is 0 Å². The van der Waals surface area contributed by atoms with Crippen molar-refractivity contribution < 1.29 is 4.74 Å². The van der Waals surface area contributed by atoms with Crippen molar-refractivity contribution in [2.24, 2.45) is 0 Å². The SMILES string of the molecule is Cl[Si-]1(Cl)c2ccc3ccccc3c2Oc2c1ccc1ccccc21. The lowest BCUT2D eigenvalue weighted by atomic mass is 10.1. The van der Waals surface area contributed by atoms with E-state index in [1.807, 2.05) is 36.4 Å². The Bertz CT molecular complexity index is 1030. The molecule has 0 aromatic heterocycles. The number of halogens is 2. The molecule has 0 fully saturated rings. The molecular weight excluding hydrogens is 355 g/mol. The highest BCUT2D eigenvalue weighted by atomic mass is 35.7. The molecule has 0 N–H and O–H groups in total. The molecule has 0 spiro atoms. The number of hydrogen-bond acceptors (Lipinski definition) is 1. The summed E-state index contributed by atoms with van der Waals surface area (Å²) in [6.07, 6.45) is 0. The molecule has 4 aromatic rings. The molecule has 0 saturated heterocycles. The van der Waals surface area contributed by atoms with Crippen LogP contribution >= 0.6 is 22.2 Å². The number of hydrogen-bond donors (Lipinski definition) is 0. The van der Waals surface area contributed by atoms with E-state index in [1.165, 1.54) is 0 Å². The van der Waals surface area contributed by atoms with Gasteiger partial charge in [-0.05, 0) is 10.8 Å². The van der Waals surface area contributed by atoms with Crippen LogP contribution < -0.4 is 15.1 Å². The van der Waals surface area contributed by atoms with Gasteiger partial charge in [-0.25, -0.2) is 0 Å². The lowest BCUT2D eigenvalue weighted by Crippen LogP contribution is -2.52. The molecule has 1 nitrogen and oxygen atoms in total. The first-order valence-electron chi connectivity index (χ1n) is 7.76. The summed E-state index contributed by atoms with van der Waals surface area (Å²) in [5, 5.41) is 6.19. The maximum atomic E-state index is 6.96. The molecule has 1 aliphatic rings. The van der Waals surface area contributed by atoms with E-state index < -0.39 is 6.69 Å². The summed E-state index contributed by atoms with van der Waals surface area (Å²) < 4.78 is 6.41. The predicted molar refractivity (Wildman–Crippen MR) is 105 cm³/mol. The molecule has 4 heteroatoms. The number of benzene rings is 4. The van der Waals surface area contributed by atoms with Crippen molar-refractivity contribution in [2.75, 3.05) is 0 Å². The fraction of sp³-hybridized carbons (Fsp3) is 0. The van der Waals surface area contributed by atoms with E-state index in [0.717, 1.165) is 43.4 Å². The van der Waals surface area contributed by atoms with Crippen LogP contribution in [0, 0.1) is 0 Å². The molecule has 1 heterocycles. The maximum absolute atomic E-state index is 6.96. The third-order valence-electron chi connectivity index (χ3n) is 4.64. The molecule has 24 heavy (non-hydrogen) atoms. The molecule has 0 atom stereocenters. The number of fused-ring (bicyclic) bond motifs is 6. The van der Waals surface area contributed by atoms with Crippen molar-refractivity contribution in [3.63, 3.8) is 0 Å². The summed E-state index contributed by atoms with van der Waals surface area (Å²) in [6, 6.07) is 24.5. The first kappa shape index (κ1) is 14.3. The minimum atomic E-state index is -2.85. The second-order valence-electron chi connectivity index (χ2n) is 6.00. The Balaban J connectivity index is 1.89. The summed E-state index contributed by atoms with van der Waals surface area (Å²) >= 11 is 13.9. The lowest BCUT2D eigenvalue weighted by Gasteiger charge is -2.40. The van der Waals surface area contributed by atoms with Crippen LogP contribution in [-0.4, -0.2) is 6.69 Å². The fourth-order valence-electron chi connectivity index (χ4n) is 3.45. The molecule has 0 aliphatic carbocycles. The zero-order chi connectivity index (χ0) is 16.3. The highest BCUT2D eigenvalue weighted by Gasteiger charge is 2.31. The standard InChI is InChI=1S/C20H12Cl2OSi/c21-24(22)17-11-9-13-5-1-3-7-15(13)19(17)23-20-16-8-4-2-6-14(16)10-12-18(20)24/h1-12H/q-1. The summed E-state index contributed by atoms with van der Waals surface area (Å²) in [5.74, 6) is 1.60. The second-order valence-corrected chi connectivity index (χ2v) is 12.2. The van der Waals surface area contributed by atoms with Crippen LogP contribution in [0.3, 0.4) is 0 Å². The van der Waals surface area contributed by atoms with Gasteiger partial charge in [0.1, 0.15) is 11.5 Å². The molecular formula is C20H12Cl2OSi-. The van der Waals surface area contributed by atoms with E-state index in [9.17, 15) is 0 Å². The topological polar surface area (TPSA) is 9.23 Å². The van der Waals surface area contributed by atoms with Crippen molar-refractivity contribution in [1.29, 1.82) is 0 Å². The smallest absolute Gasteiger partial charge is 0.106 e. The third-order valence-corrected chi connectivity index (χ3v) is 9.22. The van der Waals surface area contributed by atoms with Crippen molar-refractivity contribution in [3.05, 3.63) is 72.8 Å². The van der Waals surface area contributed by atoms with Gasteiger partial charge >= 0.3 is 0 Å². The lowest BCUT2D eigenvalue weighted by molar-refractivity contribution is 0.499. The van der Waals surface area contributed by atoms with Crippen LogP contribution in [0.25, 0.3) is 21.5 Å². The first-order valence-corrected chi connectivity index (χ1v) is 11.8. The van der Waals surface area contributed by atoms with Gasteiger partial charge in [0.2, 0.25) is 0 Å². The van der Waals surface area contributed by atoms with Gasteiger partial charge in [0.05, 0.1) is 6.69 Å². The Hall–Kier alpha value is -2.00. The van der Waals surface area contributed by atoms with E-state index in [0.29, 0.717) is 0 Å². The van der Waals surface area contributed by atoms with E-state index in [-0.39, 0.29) is 0 Å². The third kappa shape index (κ3) is 1.88. The second kappa shape index (κ2) is 5.00. The van der Waals surface area contributed by atoms with Gasteiger partial charge in [-0.3, -0.25) is 0 Å². The molecule has 5 rings (SSSR count). The Labute approximate surface area is 149 Å². The normalized spacial score (nSPS) is 14.9. The molecule has 0 saturated carbocycles. The van der Waals surface area contributed by atoms with Crippen molar-refractivity contribution >= 4 is 60.8 Å². The minimum absolute atomic E-state index is 0.800. The molecule has 0 bridgehead atoms. The molecule has 1 aliphatic heterocycles. The van der Waals surface area contributed by atoms with Crippen molar-refractivity contribution in [2.45, 2.75) is 0 Å². The molecule has 0 unspecified atom stereocenters. The van der Waals surface area contributed by atoms with Gasteiger partial charge in [-0.15, -0.1) is 10.4 Å². The summed E-state index contributed by atoms with van der Waals surface area (Å²) in [5.41, 5.74) is 0. The molecule has 0 amide bonds. The van der Waals surface area contributed by atoms with E-state index in [1.54, 1.807) is 0 Å². The van der Waals surface area contributed by atoms with Crippen LogP contribution in [0.2, 0.25) is 0 Å². The van der Waals surface area contributed by atoms with Gasteiger partial charge in [0, 0.05) is 10.8 Å². The average Bonchev–Trinajstić information content (AvgIpc) is 2.61. The Morgan fingerprint density at radius 3 is 1.54 bits per heavy atom. The highest BCUT2D eigenvalue weighted by Crippen LogP contribution is 2.40. The highest BCUT2D eigenvalue weighted by molar-refractivity contribution is 7.56. The minimum Gasteiger partial charge on any atom is -0.462 e. The van der Waals surface area contributed by atoms with Crippen LogP contribution in [-0.2, 0) is 0 Å². The van der Waals surface area contributed by atoms with Gasteiger partial charge in [-0.2, -0.15) is 0 Å². The quantitative estimate of drug-likeness (QED) is 0.309. The van der Waals surface area contributed by atoms with Gasteiger partial charge in [0.15, 0.2) is 0 Å². The molecule has 4 aromatic carbocycles. The first-order chi connectivity index (χ1) is 11.7. The van der Waals surface area contributed by atoms with Gasteiger partial charge in [0.25, 0.3) is 0 Å². The summed E-state index contributed by atoms with van der Waals surface area (Å²) in [4.78, 5) is 0. The zero-order valence-corrected chi connectivity index (χ0v) is 15.1. The monoisotopic (exact) mass is 366 g/mol. The van der Waals surface area contributed by atoms with Crippen LogP contribution in [0.15, 0.2) is 72.8 Å². The van der Waals surface area contributed by atoms with Crippen molar-refractivity contribution in [3.8, 4) is 11.5 Å². The number of rotatable bonds is 0. The molecule has 0 radical (unpaired) electrons.